The van der Waals surface area contributed by atoms with Gasteiger partial charge in [0.25, 0.3) is 0 Å². The minimum absolute atomic E-state index is 0.149. The van der Waals surface area contributed by atoms with E-state index in [0.717, 1.165) is 27.6 Å². The van der Waals surface area contributed by atoms with Crippen molar-refractivity contribution in [3.8, 4) is 0 Å². The van der Waals surface area contributed by atoms with Crippen LogP contribution in [0.3, 0.4) is 0 Å². The first-order valence-electron chi connectivity index (χ1n) is 6.17. The number of aromatic nitrogens is 2. The Labute approximate surface area is 115 Å². The Morgan fingerprint density at radius 2 is 2.16 bits per heavy atom. The Kier molecular flexibility index (Phi) is 2.98. The second kappa shape index (κ2) is 4.66. The summed E-state index contributed by atoms with van der Waals surface area (Å²) < 4.78 is 5.58. The highest BCUT2D eigenvalue weighted by Crippen LogP contribution is 2.28. The normalized spacial score (nSPS) is 12.8. The topological polar surface area (TPSA) is 51.0 Å². The summed E-state index contributed by atoms with van der Waals surface area (Å²) in [7, 11) is 0. The standard InChI is InChI=1S/C14H15N3OS/c1-8-6-12(10(3)18-8)9(2)17-13-11-4-5-19-14(11)16-7-15-13/h4-7,9H,1-3H3,(H,15,16,17). The lowest BCUT2D eigenvalue weighted by Gasteiger charge is -2.14. The predicted octanol–water partition coefficient (Wildman–Crippen LogP) is 4.07. The lowest BCUT2D eigenvalue weighted by atomic mass is 10.1. The fourth-order valence-electron chi connectivity index (χ4n) is 2.27. The summed E-state index contributed by atoms with van der Waals surface area (Å²) in [6.07, 6.45) is 1.60. The Morgan fingerprint density at radius 1 is 1.32 bits per heavy atom. The lowest BCUT2D eigenvalue weighted by Crippen LogP contribution is -2.08. The van der Waals surface area contributed by atoms with Crippen molar-refractivity contribution < 1.29 is 4.42 Å². The largest absolute Gasteiger partial charge is 0.466 e. The quantitative estimate of drug-likeness (QED) is 0.781. The Morgan fingerprint density at radius 3 is 2.89 bits per heavy atom. The molecule has 1 atom stereocenters. The molecule has 19 heavy (non-hydrogen) atoms. The maximum absolute atomic E-state index is 5.58. The first kappa shape index (κ1) is 12.2. The molecule has 3 aromatic rings. The molecule has 3 rings (SSSR count). The van der Waals surface area contributed by atoms with Gasteiger partial charge in [-0.3, -0.25) is 0 Å². The average Bonchev–Trinajstić information content (AvgIpc) is 2.96. The van der Waals surface area contributed by atoms with E-state index in [1.165, 1.54) is 5.56 Å². The van der Waals surface area contributed by atoms with Crippen LogP contribution in [0.15, 0.2) is 28.3 Å². The van der Waals surface area contributed by atoms with Crippen molar-refractivity contribution >= 4 is 27.4 Å². The molecule has 3 aromatic heterocycles. The second-order valence-electron chi connectivity index (χ2n) is 4.60. The van der Waals surface area contributed by atoms with Gasteiger partial charge in [0.15, 0.2) is 0 Å². The van der Waals surface area contributed by atoms with Crippen molar-refractivity contribution in [1.29, 1.82) is 0 Å². The van der Waals surface area contributed by atoms with Gasteiger partial charge in [0.05, 0.1) is 11.4 Å². The molecule has 0 radical (unpaired) electrons. The highest BCUT2D eigenvalue weighted by atomic mass is 32.1. The van der Waals surface area contributed by atoms with Crippen molar-refractivity contribution in [2.45, 2.75) is 26.8 Å². The van der Waals surface area contributed by atoms with Crippen LogP contribution in [0.5, 0.6) is 0 Å². The van der Waals surface area contributed by atoms with Gasteiger partial charge in [0.1, 0.15) is 28.5 Å². The third-order valence-corrected chi connectivity index (χ3v) is 3.98. The van der Waals surface area contributed by atoms with Crippen molar-refractivity contribution in [2.24, 2.45) is 0 Å². The number of aryl methyl sites for hydroxylation is 2. The first-order valence-corrected chi connectivity index (χ1v) is 7.05. The molecule has 0 saturated carbocycles. The molecule has 0 aromatic carbocycles. The number of anilines is 1. The van der Waals surface area contributed by atoms with Gasteiger partial charge in [-0.05, 0) is 38.3 Å². The van der Waals surface area contributed by atoms with Crippen LogP contribution >= 0.6 is 11.3 Å². The summed E-state index contributed by atoms with van der Waals surface area (Å²) in [5.41, 5.74) is 1.17. The maximum Gasteiger partial charge on any atom is 0.138 e. The molecule has 0 saturated heterocycles. The Bertz CT molecular complexity index is 716. The van der Waals surface area contributed by atoms with Gasteiger partial charge in [0, 0.05) is 5.56 Å². The van der Waals surface area contributed by atoms with Crippen molar-refractivity contribution in [2.75, 3.05) is 5.32 Å². The van der Waals surface area contributed by atoms with Crippen LogP contribution in [-0.4, -0.2) is 9.97 Å². The molecule has 3 heterocycles. The van der Waals surface area contributed by atoms with Gasteiger partial charge in [-0.1, -0.05) is 0 Å². The Hall–Kier alpha value is -1.88. The van der Waals surface area contributed by atoms with E-state index < -0.39 is 0 Å². The van der Waals surface area contributed by atoms with Crippen LogP contribution in [0.25, 0.3) is 10.2 Å². The monoisotopic (exact) mass is 273 g/mol. The molecule has 0 spiro atoms. The van der Waals surface area contributed by atoms with Gasteiger partial charge < -0.3 is 9.73 Å². The zero-order valence-corrected chi connectivity index (χ0v) is 11.9. The highest BCUT2D eigenvalue weighted by Gasteiger charge is 2.14. The van der Waals surface area contributed by atoms with Gasteiger partial charge in [-0.2, -0.15) is 0 Å². The van der Waals surface area contributed by atoms with Crippen molar-refractivity contribution in [3.63, 3.8) is 0 Å². The lowest BCUT2D eigenvalue weighted by molar-refractivity contribution is 0.500. The maximum atomic E-state index is 5.58. The summed E-state index contributed by atoms with van der Waals surface area (Å²) in [5.74, 6) is 2.76. The fraction of sp³-hybridized carbons (Fsp3) is 0.286. The summed E-state index contributed by atoms with van der Waals surface area (Å²) >= 11 is 1.62. The number of hydrogen-bond donors (Lipinski definition) is 1. The zero-order chi connectivity index (χ0) is 13.4. The molecular formula is C14H15N3OS. The molecule has 0 aliphatic heterocycles. The number of thiophene rings is 1. The van der Waals surface area contributed by atoms with Crippen LogP contribution in [0.4, 0.5) is 5.82 Å². The molecule has 0 aliphatic carbocycles. The summed E-state index contributed by atoms with van der Waals surface area (Å²) in [4.78, 5) is 9.59. The first-order chi connectivity index (χ1) is 9.15. The van der Waals surface area contributed by atoms with Crippen LogP contribution < -0.4 is 5.32 Å². The Balaban J connectivity index is 1.92. The fourth-order valence-corrected chi connectivity index (χ4v) is 3.00. The summed E-state index contributed by atoms with van der Waals surface area (Å²) in [6, 6.07) is 4.26. The molecule has 5 heteroatoms. The van der Waals surface area contributed by atoms with E-state index in [1.807, 2.05) is 25.3 Å². The summed E-state index contributed by atoms with van der Waals surface area (Å²) in [6.45, 7) is 6.06. The van der Waals surface area contributed by atoms with E-state index in [1.54, 1.807) is 17.7 Å². The molecule has 0 aliphatic rings. The molecule has 4 nitrogen and oxygen atoms in total. The van der Waals surface area contributed by atoms with E-state index in [-0.39, 0.29) is 6.04 Å². The third-order valence-electron chi connectivity index (χ3n) is 3.16. The van der Waals surface area contributed by atoms with E-state index >= 15 is 0 Å². The molecule has 1 N–H and O–H groups in total. The number of hydrogen-bond acceptors (Lipinski definition) is 5. The number of nitrogens with one attached hydrogen (secondary N) is 1. The molecular weight excluding hydrogens is 258 g/mol. The number of furan rings is 1. The van der Waals surface area contributed by atoms with Gasteiger partial charge in [0.2, 0.25) is 0 Å². The van der Waals surface area contributed by atoms with E-state index in [4.69, 9.17) is 4.42 Å². The molecule has 0 fully saturated rings. The second-order valence-corrected chi connectivity index (χ2v) is 5.49. The molecule has 1 unspecified atom stereocenters. The molecule has 0 amide bonds. The number of nitrogens with zero attached hydrogens (tertiary/aromatic N) is 2. The highest BCUT2D eigenvalue weighted by molar-refractivity contribution is 7.16. The van der Waals surface area contributed by atoms with Crippen LogP contribution in [0.1, 0.15) is 30.0 Å². The van der Waals surface area contributed by atoms with Crippen molar-refractivity contribution in [3.05, 3.63) is 40.9 Å². The number of rotatable bonds is 3. The molecule has 98 valence electrons. The molecule has 0 bridgehead atoms. The van der Waals surface area contributed by atoms with Gasteiger partial charge in [-0.25, -0.2) is 9.97 Å². The van der Waals surface area contributed by atoms with Crippen LogP contribution in [0, 0.1) is 13.8 Å². The summed E-state index contributed by atoms with van der Waals surface area (Å²) in [5, 5.41) is 6.53. The van der Waals surface area contributed by atoms with Crippen LogP contribution in [-0.2, 0) is 0 Å². The van der Waals surface area contributed by atoms with Gasteiger partial charge in [-0.15, -0.1) is 11.3 Å². The van der Waals surface area contributed by atoms with E-state index in [9.17, 15) is 0 Å². The minimum Gasteiger partial charge on any atom is -0.466 e. The smallest absolute Gasteiger partial charge is 0.138 e. The average molecular weight is 273 g/mol. The zero-order valence-electron chi connectivity index (χ0n) is 11.1. The predicted molar refractivity (Wildman–Crippen MR) is 77.6 cm³/mol. The third kappa shape index (κ3) is 2.21. The van der Waals surface area contributed by atoms with Crippen molar-refractivity contribution in [1.82, 2.24) is 9.97 Å². The van der Waals surface area contributed by atoms with E-state index in [2.05, 4.69) is 28.3 Å². The minimum atomic E-state index is 0.149. The van der Waals surface area contributed by atoms with Gasteiger partial charge >= 0.3 is 0 Å². The van der Waals surface area contributed by atoms with E-state index in [0.29, 0.717) is 0 Å². The number of fused-ring (bicyclic) bond motifs is 1. The van der Waals surface area contributed by atoms with Crippen LogP contribution in [0.2, 0.25) is 0 Å². The SMILES string of the molecule is Cc1cc(C(C)Nc2ncnc3sccc23)c(C)o1.